The molecule has 0 atom stereocenters. The number of rotatable bonds is 5. The summed E-state index contributed by atoms with van der Waals surface area (Å²) in [5.74, 6) is 1.44. The molecule has 1 N–H and O–H groups in total. The largest absolute Gasteiger partial charge is 0.455 e. The molecule has 0 amide bonds. The minimum absolute atomic E-state index is 0.149. The molecule has 0 unspecified atom stereocenters. The molecular formula is C17H13FN4O2. The fraction of sp³-hybridized carbons (Fsp3) is 0.118. The summed E-state index contributed by atoms with van der Waals surface area (Å²) in [6.45, 7) is 1.87. The van der Waals surface area contributed by atoms with E-state index in [2.05, 4.69) is 15.5 Å². The lowest BCUT2D eigenvalue weighted by molar-refractivity contribution is 0.513. The van der Waals surface area contributed by atoms with E-state index in [9.17, 15) is 4.39 Å². The second-order valence-electron chi connectivity index (χ2n) is 4.83. The van der Waals surface area contributed by atoms with Gasteiger partial charge in [0.1, 0.15) is 23.4 Å². The number of anilines is 1. The highest BCUT2D eigenvalue weighted by atomic mass is 19.1. The molecule has 2 aromatic heterocycles. The number of aromatic nitrogens is 1. The van der Waals surface area contributed by atoms with Crippen LogP contribution in [0.25, 0.3) is 11.3 Å². The first-order valence-electron chi connectivity index (χ1n) is 7.24. The SMILES string of the molecule is CCc1nc(C#N)c(NN=Cc2ccc(-c3ccc(F)cc3)o2)o1. The number of hydrogen-bond acceptors (Lipinski definition) is 6. The van der Waals surface area contributed by atoms with Gasteiger partial charge >= 0.3 is 0 Å². The minimum Gasteiger partial charge on any atom is -0.455 e. The molecule has 0 saturated carbocycles. The molecule has 0 radical (unpaired) electrons. The number of hydrazone groups is 1. The van der Waals surface area contributed by atoms with Crippen molar-refractivity contribution in [1.29, 1.82) is 5.26 Å². The second kappa shape index (κ2) is 6.79. The van der Waals surface area contributed by atoms with Gasteiger partial charge in [0, 0.05) is 12.0 Å². The third-order valence-electron chi connectivity index (χ3n) is 3.19. The summed E-state index contributed by atoms with van der Waals surface area (Å²) >= 11 is 0. The van der Waals surface area contributed by atoms with E-state index in [1.807, 2.05) is 13.0 Å². The first-order chi connectivity index (χ1) is 11.7. The van der Waals surface area contributed by atoms with Gasteiger partial charge in [-0.3, -0.25) is 0 Å². The van der Waals surface area contributed by atoms with E-state index >= 15 is 0 Å². The molecule has 2 heterocycles. The predicted molar refractivity (Wildman–Crippen MR) is 85.9 cm³/mol. The topological polar surface area (TPSA) is 87.4 Å². The smallest absolute Gasteiger partial charge is 0.252 e. The van der Waals surface area contributed by atoms with Gasteiger partial charge in [-0.25, -0.2) is 14.8 Å². The number of aryl methyl sites for hydroxylation is 1. The highest BCUT2D eigenvalue weighted by Crippen LogP contribution is 2.22. The van der Waals surface area contributed by atoms with Crippen LogP contribution in [0.1, 0.15) is 24.3 Å². The van der Waals surface area contributed by atoms with Crippen LogP contribution in [0.2, 0.25) is 0 Å². The van der Waals surface area contributed by atoms with Gasteiger partial charge in [-0.05, 0) is 36.4 Å². The lowest BCUT2D eigenvalue weighted by Gasteiger charge is -1.96. The fourth-order valence-corrected chi connectivity index (χ4v) is 2.01. The first-order valence-corrected chi connectivity index (χ1v) is 7.24. The Balaban J connectivity index is 1.71. The maximum atomic E-state index is 12.9. The molecule has 0 aliphatic rings. The van der Waals surface area contributed by atoms with Crippen molar-refractivity contribution in [2.45, 2.75) is 13.3 Å². The van der Waals surface area contributed by atoms with Crippen molar-refractivity contribution in [3.63, 3.8) is 0 Å². The molecule has 3 aromatic rings. The van der Waals surface area contributed by atoms with E-state index < -0.39 is 0 Å². The van der Waals surface area contributed by atoms with Gasteiger partial charge in [0.15, 0.2) is 5.89 Å². The number of hydrogen-bond donors (Lipinski definition) is 1. The van der Waals surface area contributed by atoms with Gasteiger partial charge in [-0.15, -0.1) is 0 Å². The molecule has 0 bridgehead atoms. The van der Waals surface area contributed by atoms with Crippen molar-refractivity contribution in [1.82, 2.24) is 4.98 Å². The van der Waals surface area contributed by atoms with Crippen molar-refractivity contribution in [2.24, 2.45) is 5.10 Å². The normalized spacial score (nSPS) is 10.9. The van der Waals surface area contributed by atoms with Crippen LogP contribution >= 0.6 is 0 Å². The summed E-state index contributed by atoms with van der Waals surface area (Å²) in [6.07, 6.45) is 2.03. The monoisotopic (exact) mass is 324 g/mol. The number of nitrogens with one attached hydrogen (secondary N) is 1. The molecule has 1 aromatic carbocycles. The number of halogens is 1. The Morgan fingerprint density at radius 2 is 2.04 bits per heavy atom. The standard InChI is InChI=1S/C17H13FN4O2/c1-2-16-21-14(9-19)17(24-16)22-20-10-13-7-8-15(23-13)11-3-5-12(18)6-4-11/h3-8,10,22H,2H2,1H3. The molecule has 7 heteroatoms. The highest BCUT2D eigenvalue weighted by Gasteiger charge is 2.10. The summed E-state index contributed by atoms with van der Waals surface area (Å²) in [7, 11) is 0. The quantitative estimate of drug-likeness (QED) is 0.567. The van der Waals surface area contributed by atoms with Crippen molar-refractivity contribution in [2.75, 3.05) is 5.43 Å². The number of nitriles is 1. The van der Waals surface area contributed by atoms with Crippen molar-refractivity contribution in [3.05, 3.63) is 59.6 Å². The molecular weight excluding hydrogens is 311 g/mol. The third-order valence-corrected chi connectivity index (χ3v) is 3.19. The maximum absolute atomic E-state index is 12.9. The molecule has 0 aliphatic heterocycles. The van der Waals surface area contributed by atoms with E-state index in [0.29, 0.717) is 23.8 Å². The average Bonchev–Trinajstić information content (AvgIpc) is 3.22. The second-order valence-corrected chi connectivity index (χ2v) is 4.83. The number of nitrogens with zero attached hydrogens (tertiary/aromatic N) is 3. The van der Waals surface area contributed by atoms with Crippen LogP contribution in [0.5, 0.6) is 0 Å². The van der Waals surface area contributed by atoms with E-state index in [1.54, 1.807) is 24.3 Å². The van der Waals surface area contributed by atoms with E-state index in [1.165, 1.54) is 18.3 Å². The summed E-state index contributed by atoms with van der Waals surface area (Å²) in [6, 6.07) is 11.4. The van der Waals surface area contributed by atoms with Crippen LogP contribution in [0.4, 0.5) is 10.3 Å². The van der Waals surface area contributed by atoms with Crippen LogP contribution in [-0.4, -0.2) is 11.2 Å². The van der Waals surface area contributed by atoms with Crippen molar-refractivity contribution in [3.8, 4) is 17.4 Å². The van der Waals surface area contributed by atoms with Crippen LogP contribution < -0.4 is 5.43 Å². The Morgan fingerprint density at radius 1 is 1.25 bits per heavy atom. The van der Waals surface area contributed by atoms with Gasteiger partial charge in [-0.1, -0.05) is 6.92 Å². The van der Waals surface area contributed by atoms with Crippen molar-refractivity contribution >= 4 is 12.1 Å². The van der Waals surface area contributed by atoms with Gasteiger partial charge in [0.05, 0.1) is 6.21 Å². The molecule has 0 saturated heterocycles. The Labute approximate surface area is 137 Å². The van der Waals surface area contributed by atoms with Crippen LogP contribution in [0, 0.1) is 17.1 Å². The fourth-order valence-electron chi connectivity index (χ4n) is 2.01. The summed E-state index contributed by atoms with van der Waals surface area (Å²) < 4.78 is 23.9. The molecule has 0 fully saturated rings. The van der Waals surface area contributed by atoms with Crippen LogP contribution in [0.15, 0.2) is 50.3 Å². The minimum atomic E-state index is -0.303. The zero-order valence-electron chi connectivity index (χ0n) is 12.8. The first kappa shape index (κ1) is 15.5. The van der Waals surface area contributed by atoms with Crippen molar-refractivity contribution < 1.29 is 13.2 Å². The Kier molecular flexibility index (Phi) is 4.38. The van der Waals surface area contributed by atoms with E-state index in [0.717, 1.165) is 5.56 Å². The summed E-state index contributed by atoms with van der Waals surface area (Å²) in [5.41, 5.74) is 3.54. The molecule has 120 valence electrons. The lowest BCUT2D eigenvalue weighted by atomic mass is 10.2. The number of benzene rings is 1. The average molecular weight is 324 g/mol. The Bertz CT molecular complexity index is 904. The predicted octanol–water partition coefficient (Wildman–Crippen LogP) is 3.95. The summed E-state index contributed by atoms with van der Waals surface area (Å²) in [4.78, 5) is 4.01. The molecule has 0 aliphatic carbocycles. The maximum Gasteiger partial charge on any atom is 0.252 e. The lowest BCUT2D eigenvalue weighted by Crippen LogP contribution is -1.90. The van der Waals surface area contributed by atoms with Crippen LogP contribution in [0.3, 0.4) is 0 Å². The third kappa shape index (κ3) is 3.33. The summed E-state index contributed by atoms with van der Waals surface area (Å²) in [5, 5.41) is 13.0. The van der Waals surface area contributed by atoms with E-state index in [-0.39, 0.29) is 17.4 Å². The molecule has 0 spiro atoms. The van der Waals surface area contributed by atoms with Gasteiger partial charge in [-0.2, -0.15) is 10.4 Å². The van der Waals surface area contributed by atoms with Gasteiger partial charge in [0.25, 0.3) is 5.88 Å². The Hall–Kier alpha value is -3.40. The van der Waals surface area contributed by atoms with Crippen LogP contribution in [-0.2, 0) is 6.42 Å². The molecule has 24 heavy (non-hydrogen) atoms. The number of furan rings is 1. The zero-order valence-corrected chi connectivity index (χ0v) is 12.8. The zero-order chi connectivity index (χ0) is 16.9. The number of oxazole rings is 1. The van der Waals surface area contributed by atoms with E-state index in [4.69, 9.17) is 14.1 Å². The highest BCUT2D eigenvalue weighted by molar-refractivity contribution is 5.78. The molecule has 3 rings (SSSR count). The van der Waals surface area contributed by atoms with Gasteiger partial charge < -0.3 is 8.83 Å². The Morgan fingerprint density at radius 3 is 2.75 bits per heavy atom. The molecule has 6 nitrogen and oxygen atoms in total. The van der Waals surface area contributed by atoms with Gasteiger partial charge in [0.2, 0.25) is 5.69 Å².